The normalized spacial score (nSPS) is 11.6. The maximum Gasteiger partial charge on any atom is 0.332 e. The van der Waals surface area contributed by atoms with Gasteiger partial charge in [-0.15, -0.1) is 0 Å². The maximum atomic E-state index is 12.1. The van der Waals surface area contributed by atoms with Crippen LogP contribution in [0, 0.1) is 6.92 Å². The third kappa shape index (κ3) is 3.54. The molecule has 0 fully saturated rings. The average Bonchev–Trinajstić information content (AvgIpc) is 2.53. The van der Waals surface area contributed by atoms with Gasteiger partial charge in [-0.3, -0.25) is 0 Å². The molecule has 2 aromatic rings. The molecule has 2 aromatic carbocycles. The molecule has 0 spiro atoms. The number of carbonyl (C=O) groups excluding carboxylic acids is 1. The van der Waals surface area contributed by atoms with Gasteiger partial charge >= 0.3 is 5.97 Å². The lowest BCUT2D eigenvalue weighted by Gasteiger charge is -2.20. The molecule has 1 N–H and O–H groups in total. The van der Waals surface area contributed by atoms with Crippen LogP contribution in [-0.2, 0) is 9.53 Å². The molecule has 0 bridgehead atoms. The van der Waals surface area contributed by atoms with Crippen molar-refractivity contribution in [1.82, 2.24) is 0 Å². The SMILES string of the molecule is COC(=O)C(Nc1cccc(OC)c1)c1ccccc1C. The van der Waals surface area contributed by atoms with E-state index in [1.807, 2.05) is 55.5 Å². The minimum Gasteiger partial charge on any atom is -0.497 e. The number of aryl methyl sites for hydroxylation is 1. The molecule has 0 aliphatic rings. The average molecular weight is 285 g/mol. The number of benzene rings is 2. The summed E-state index contributed by atoms with van der Waals surface area (Å²) in [6.07, 6.45) is 0. The monoisotopic (exact) mass is 285 g/mol. The fraction of sp³-hybridized carbons (Fsp3) is 0.235. The molecular weight excluding hydrogens is 266 g/mol. The molecule has 4 nitrogen and oxygen atoms in total. The van der Waals surface area contributed by atoms with E-state index >= 15 is 0 Å². The van der Waals surface area contributed by atoms with Crippen molar-refractivity contribution in [3.05, 3.63) is 59.7 Å². The summed E-state index contributed by atoms with van der Waals surface area (Å²) in [5.74, 6) is 0.403. The largest absolute Gasteiger partial charge is 0.497 e. The standard InChI is InChI=1S/C17H19NO3/c1-12-7-4-5-10-15(12)16(17(19)21-3)18-13-8-6-9-14(11-13)20-2/h4-11,16,18H,1-3H3. The van der Waals surface area contributed by atoms with Crippen molar-refractivity contribution in [3.8, 4) is 5.75 Å². The number of esters is 1. The topological polar surface area (TPSA) is 47.6 Å². The zero-order valence-corrected chi connectivity index (χ0v) is 12.4. The third-order valence-electron chi connectivity index (χ3n) is 3.32. The van der Waals surface area contributed by atoms with Crippen molar-refractivity contribution in [2.45, 2.75) is 13.0 Å². The van der Waals surface area contributed by atoms with Crippen LogP contribution in [0.5, 0.6) is 5.75 Å². The smallest absolute Gasteiger partial charge is 0.332 e. The Hall–Kier alpha value is -2.49. The van der Waals surface area contributed by atoms with Gasteiger partial charge in [0.15, 0.2) is 6.04 Å². The Labute approximate surface area is 124 Å². The summed E-state index contributed by atoms with van der Waals surface area (Å²) in [6, 6.07) is 14.6. The number of ether oxygens (including phenoxy) is 2. The summed E-state index contributed by atoms with van der Waals surface area (Å²) < 4.78 is 10.1. The van der Waals surface area contributed by atoms with Gasteiger partial charge in [-0.05, 0) is 30.2 Å². The molecule has 0 aliphatic heterocycles. The zero-order valence-electron chi connectivity index (χ0n) is 12.4. The zero-order chi connectivity index (χ0) is 15.2. The van der Waals surface area contributed by atoms with Crippen molar-refractivity contribution in [2.75, 3.05) is 19.5 Å². The molecule has 21 heavy (non-hydrogen) atoms. The van der Waals surface area contributed by atoms with Crippen molar-refractivity contribution in [1.29, 1.82) is 0 Å². The van der Waals surface area contributed by atoms with Crippen molar-refractivity contribution in [2.24, 2.45) is 0 Å². The van der Waals surface area contributed by atoms with Crippen LogP contribution in [0.4, 0.5) is 5.69 Å². The van der Waals surface area contributed by atoms with Crippen molar-refractivity contribution >= 4 is 11.7 Å². The van der Waals surface area contributed by atoms with Gasteiger partial charge in [-0.1, -0.05) is 30.3 Å². The molecule has 0 heterocycles. The molecule has 1 unspecified atom stereocenters. The summed E-state index contributed by atoms with van der Waals surface area (Å²) in [5, 5.41) is 3.21. The number of methoxy groups -OCH3 is 2. The van der Waals surface area contributed by atoms with Gasteiger partial charge in [-0.25, -0.2) is 4.79 Å². The lowest BCUT2D eigenvalue weighted by atomic mass is 10.0. The van der Waals surface area contributed by atoms with E-state index in [1.165, 1.54) is 7.11 Å². The van der Waals surface area contributed by atoms with Crippen LogP contribution in [-0.4, -0.2) is 20.2 Å². The fourth-order valence-electron chi connectivity index (χ4n) is 2.17. The van der Waals surface area contributed by atoms with Crippen LogP contribution in [0.2, 0.25) is 0 Å². The molecule has 1 atom stereocenters. The van der Waals surface area contributed by atoms with E-state index in [1.54, 1.807) is 7.11 Å². The highest BCUT2D eigenvalue weighted by Crippen LogP contribution is 2.25. The third-order valence-corrected chi connectivity index (χ3v) is 3.32. The lowest BCUT2D eigenvalue weighted by Crippen LogP contribution is -2.23. The summed E-state index contributed by atoms with van der Waals surface area (Å²) in [4.78, 5) is 12.1. The summed E-state index contributed by atoms with van der Waals surface area (Å²) >= 11 is 0. The highest BCUT2D eigenvalue weighted by Gasteiger charge is 2.22. The molecule has 4 heteroatoms. The van der Waals surface area contributed by atoms with E-state index in [2.05, 4.69) is 5.32 Å². The molecule has 2 rings (SSSR count). The minimum absolute atomic E-state index is 0.327. The Morgan fingerprint density at radius 3 is 2.52 bits per heavy atom. The van der Waals surface area contributed by atoms with Crippen LogP contribution in [0.25, 0.3) is 0 Å². The molecule has 110 valence electrons. The van der Waals surface area contributed by atoms with Gasteiger partial charge in [0.2, 0.25) is 0 Å². The number of hydrogen-bond donors (Lipinski definition) is 1. The summed E-state index contributed by atoms with van der Waals surface area (Å²) in [5.41, 5.74) is 2.73. The Morgan fingerprint density at radius 1 is 1.10 bits per heavy atom. The predicted octanol–water partition coefficient (Wildman–Crippen LogP) is 3.33. The molecular formula is C17H19NO3. The van der Waals surface area contributed by atoms with E-state index in [0.29, 0.717) is 0 Å². The van der Waals surface area contributed by atoms with E-state index in [4.69, 9.17) is 9.47 Å². The first-order valence-corrected chi connectivity index (χ1v) is 6.69. The molecule has 0 saturated carbocycles. The van der Waals surface area contributed by atoms with Crippen LogP contribution in [0.15, 0.2) is 48.5 Å². The minimum atomic E-state index is -0.552. The summed E-state index contributed by atoms with van der Waals surface area (Å²) in [7, 11) is 3.00. The predicted molar refractivity (Wildman–Crippen MR) is 82.6 cm³/mol. The highest BCUT2D eigenvalue weighted by molar-refractivity contribution is 5.81. The van der Waals surface area contributed by atoms with Gasteiger partial charge in [0, 0.05) is 11.8 Å². The molecule has 0 saturated heterocycles. The van der Waals surface area contributed by atoms with Gasteiger partial charge in [0.25, 0.3) is 0 Å². The second-order valence-electron chi connectivity index (χ2n) is 4.69. The van der Waals surface area contributed by atoms with Crippen molar-refractivity contribution in [3.63, 3.8) is 0 Å². The Morgan fingerprint density at radius 2 is 1.86 bits per heavy atom. The van der Waals surface area contributed by atoms with E-state index in [9.17, 15) is 4.79 Å². The number of anilines is 1. The molecule has 0 amide bonds. The van der Waals surface area contributed by atoms with Crippen LogP contribution in [0.3, 0.4) is 0 Å². The Bertz CT molecular complexity index is 625. The maximum absolute atomic E-state index is 12.1. The van der Waals surface area contributed by atoms with Crippen molar-refractivity contribution < 1.29 is 14.3 Å². The molecule has 0 aliphatic carbocycles. The first-order valence-electron chi connectivity index (χ1n) is 6.69. The van der Waals surface area contributed by atoms with Crippen LogP contribution >= 0.6 is 0 Å². The van der Waals surface area contributed by atoms with Gasteiger partial charge in [-0.2, -0.15) is 0 Å². The van der Waals surface area contributed by atoms with Gasteiger partial charge in [0.05, 0.1) is 14.2 Å². The Balaban J connectivity index is 2.33. The van der Waals surface area contributed by atoms with Gasteiger partial charge in [0.1, 0.15) is 5.75 Å². The number of rotatable bonds is 5. The lowest BCUT2D eigenvalue weighted by molar-refractivity contribution is -0.141. The number of carbonyl (C=O) groups is 1. The first kappa shape index (κ1) is 14.9. The fourth-order valence-corrected chi connectivity index (χ4v) is 2.17. The van der Waals surface area contributed by atoms with E-state index in [-0.39, 0.29) is 5.97 Å². The summed E-state index contributed by atoms with van der Waals surface area (Å²) in [6.45, 7) is 1.97. The number of hydrogen-bond acceptors (Lipinski definition) is 4. The van der Waals surface area contributed by atoms with E-state index < -0.39 is 6.04 Å². The van der Waals surface area contributed by atoms with Crippen LogP contribution in [0.1, 0.15) is 17.2 Å². The molecule has 0 aromatic heterocycles. The highest BCUT2D eigenvalue weighted by atomic mass is 16.5. The number of nitrogens with one attached hydrogen (secondary N) is 1. The second kappa shape index (κ2) is 6.79. The molecule has 0 radical (unpaired) electrons. The van der Waals surface area contributed by atoms with E-state index in [0.717, 1.165) is 22.6 Å². The first-order chi connectivity index (χ1) is 10.2. The Kier molecular flexibility index (Phi) is 4.82. The second-order valence-corrected chi connectivity index (χ2v) is 4.69. The quantitative estimate of drug-likeness (QED) is 0.856. The van der Waals surface area contributed by atoms with Crippen LogP contribution < -0.4 is 10.1 Å². The van der Waals surface area contributed by atoms with Gasteiger partial charge < -0.3 is 14.8 Å².